The van der Waals surface area contributed by atoms with E-state index in [0.717, 1.165) is 36.2 Å². The number of unbranched alkanes of at least 4 members (excludes halogenated alkanes) is 1. The predicted molar refractivity (Wildman–Crippen MR) is 79.1 cm³/mol. The van der Waals surface area contributed by atoms with Gasteiger partial charge in [0.1, 0.15) is 0 Å². The lowest BCUT2D eigenvalue weighted by Crippen LogP contribution is -2.21. The average molecular weight is 256 g/mol. The monoisotopic (exact) mass is 256 g/mol. The molecule has 0 amide bonds. The SMILES string of the molecule is CCCCNCc1ccc(-c2ccccc2)[nH]c1=O. The predicted octanol–water partition coefficient (Wildman–Crippen LogP) is 2.93. The van der Waals surface area contributed by atoms with Crippen LogP contribution in [0.2, 0.25) is 0 Å². The van der Waals surface area contributed by atoms with Gasteiger partial charge >= 0.3 is 0 Å². The summed E-state index contributed by atoms with van der Waals surface area (Å²) in [4.78, 5) is 14.9. The molecule has 0 saturated heterocycles. The molecule has 0 aliphatic rings. The van der Waals surface area contributed by atoms with Crippen molar-refractivity contribution < 1.29 is 0 Å². The Kier molecular flexibility index (Phi) is 4.93. The minimum absolute atomic E-state index is 0.00893. The Balaban J connectivity index is 2.07. The molecule has 0 radical (unpaired) electrons. The summed E-state index contributed by atoms with van der Waals surface area (Å²) < 4.78 is 0. The molecule has 19 heavy (non-hydrogen) atoms. The molecule has 0 spiro atoms. The largest absolute Gasteiger partial charge is 0.322 e. The van der Waals surface area contributed by atoms with Gasteiger partial charge in [0, 0.05) is 17.8 Å². The molecule has 3 heteroatoms. The first-order valence-electron chi connectivity index (χ1n) is 6.79. The Hall–Kier alpha value is -1.87. The van der Waals surface area contributed by atoms with Gasteiger partial charge in [-0.1, -0.05) is 49.7 Å². The zero-order valence-corrected chi connectivity index (χ0v) is 11.3. The molecule has 0 bridgehead atoms. The van der Waals surface area contributed by atoms with Gasteiger partial charge in [0.25, 0.3) is 5.56 Å². The van der Waals surface area contributed by atoms with E-state index < -0.39 is 0 Å². The van der Waals surface area contributed by atoms with Crippen LogP contribution >= 0.6 is 0 Å². The Morgan fingerprint density at radius 2 is 1.89 bits per heavy atom. The molecule has 0 fully saturated rings. The van der Waals surface area contributed by atoms with E-state index in [4.69, 9.17) is 0 Å². The zero-order chi connectivity index (χ0) is 13.5. The number of pyridine rings is 1. The summed E-state index contributed by atoms with van der Waals surface area (Å²) >= 11 is 0. The molecule has 2 N–H and O–H groups in total. The molecule has 2 aromatic rings. The van der Waals surface area contributed by atoms with Crippen LogP contribution in [0.5, 0.6) is 0 Å². The summed E-state index contributed by atoms with van der Waals surface area (Å²) in [6.07, 6.45) is 2.30. The Labute approximate surface area is 113 Å². The van der Waals surface area contributed by atoms with Crippen molar-refractivity contribution >= 4 is 0 Å². The number of benzene rings is 1. The van der Waals surface area contributed by atoms with Crippen molar-refractivity contribution in [2.75, 3.05) is 6.54 Å². The van der Waals surface area contributed by atoms with Crippen LogP contribution in [0.15, 0.2) is 47.3 Å². The molecule has 100 valence electrons. The average Bonchev–Trinajstić information content (AvgIpc) is 2.46. The van der Waals surface area contributed by atoms with Gasteiger partial charge in [-0.25, -0.2) is 0 Å². The third-order valence-electron chi connectivity index (χ3n) is 3.10. The maximum Gasteiger partial charge on any atom is 0.252 e. The molecule has 0 atom stereocenters. The molecular weight excluding hydrogens is 236 g/mol. The van der Waals surface area contributed by atoms with E-state index in [1.165, 1.54) is 0 Å². The minimum atomic E-state index is -0.00893. The summed E-state index contributed by atoms with van der Waals surface area (Å²) in [6, 6.07) is 13.7. The first kappa shape index (κ1) is 13.6. The van der Waals surface area contributed by atoms with Gasteiger partial charge in [0.2, 0.25) is 0 Å². The van der Waals surface area contributed by atoms with Crippen molar-refractivity contribution in [1.29, 1.82) is 0 Å². The van der Waals surface area contributed by atoms with Gasteiger partial charge in [0.05, 0.1) is 0 Å². The standard InChI is InChI=1S/C16H20N2O/c1-2-3-11-17-12-14-9-10-15(18-16(14)19)13-7-5-4-6-8-13/h4-10,17H,2-3,11-12H2,1H3,(H,18,19). The highest BCUT2D eigenvalue weighted by Gasteiger charge is 2.02. The van der Waals surface area contributed by atoms with Crippen LogP contribution in [0.4, 0.5) is 0 Å². The number of H-pyrrole nitrogens is 1. The van der Waals surface area contributed by atoms with Gasteiger partial charge in [-0.3, -0.25) is 4.79 Å². The lowest BCUT2D eigenvalue weighted by Gasteiger charge is -2.05. The van der Waals surface area contributed by atoms with Crippen molar-refractivity contribution in [3.63, 3.8) is 0 Å². The van der Waals surface area contributed by atoms with E-state index >= 15 is 0 Å². The van der Waals surface area contributed by atoms with Crippen molar-refractivity contribution in [3.8, 4) is 11.3 Å². The third kappa shape index (κ3) is 3.80. The second-order valence-corrected chi connectivity index (χ2v) is 4.62. The molecule has 0 aliphatic heterocycles. The molecule has 0 aliphatic carbocycles. The highest BCUT2D eigenvalue weighted by Crippen LogP contribution is 2.14. The van der Waals surface area contributed by atoms with Crippen molar-refractivity contribution in [1.82, 2.24) is 10.3 Å². The smallest absolute Gasteiger partial charge is 0.252 e. The molecule has 1 heterocycles. The first-order valence-corrected chi connectivity index (χ1v) is 6.79. The molecular formula is C16H20N2O. The van der Waals surface area contributed by atoms with Crippen LogP contribution in [0.1, 0.15) is 25.3 Å². The Bertz CT molecular complexity index is 560. The highest BCUT2D eigenvalue weighted by molar-refractivity contribution is 5.58. The van der Waals surface area contributed by atoms with E-state index in [1.807, 2.05) is 42.5 Å². The fourth-order valence-corrected chi connectivity index (χ4v) is 1.95. The number of hydrogen-bond acceptors (Lipinski definition) is 2. The van der Waals surface area contributed by atoms with E-state index in [-0.39, 0.29) is 5.56 Å². The van der Waals surface area contributed by atoms with Crippen LogP contribution in [-0.2, 0) is 6.54 Å². The van der Waals surface area contributed by atoms with Gasteiger partial charge < -0.3 is 10.3 Å². The van der Waals surface area contributed by atoms with Crippen LogP contribution < -0.4 is 10.9 Å². The lowest BCUT2D eigenvalue weighted by molar-refractivity contribution is 0.638. The Morgan fingerprint density at radius 1 is 1.11 bits per heavy atom. The van der Waals surface area contributed by atoms with Gasteiger partial charge in [0.15, 0.2) is 0 Å². The van der Waals surface area contributed by atoms with E-state index in [2.05, 4.69) is 17.2 Å². The van der Waals surface area contributed by atoms with Crippen LogP contribution in [-0.4, -0.2) is 11.5 Å². The summed E-state index contributed by atoms with van der Waals surface area (Å²) in [7, 11) is 0. The van der Waals surface area contributed by atoms with Gasteiger partial charge in [-0.05, 0) is 24.6 Å². The fraction of sp³-hybridized carbons (Fsp3) is 0.312. The molecule has 3 nitrogen and oxygen atoms in total. The fourth-order valence-electron chi connectivity index (χ4n) is 1.95. The maximum atomic E-state index is 12.0. The summed E-state index contributed by atoms with van der Waals surface area (Å²) in [5.74, 6) is 0. The summed E-state index contributed by atoms with van der Waals surface area (Å²) in [5.41, 5.74) is 2.68. The van der Waals surface area contributed by atoms with Crippen molar-refractivity contribution in [3.05, 3.63) is 58.4 Å². The molecule has 2 rings (SSSR count). The van der Waals surface area contributed by atoms with Gasteiger partial charge in [-0.15, -0.1) is 0 Å². The van der Waals surface area contributed by atoms with Crippen LogP contribution in [0, 0.1) is 0 Å². The van der Waals surface area contributed by atoms with Crippen molar-refractivity contribution in [2.45, 2.75) is 26.3 Å². The third-order valence-corrected chi connectivity index (χ3v) is 3.10. The molecule has 0 saturated carbocycles. The number of hydrogen-bond donors (Lipinski definition) is 2. The Morgan fingerprint density at radius 3 is 2.58 bits per heavy atom. The van der Waals surface area contributed by atoms with Crippen LogP contribution in [0.3, 0.4) is 0 Å². The lowest BCUT2D eigenvalue weighted by atomic mass is 10.1. The van der Waals surface area contributed by atoms with E-state index in [0.29, 0.717) is 6.54 Å². The molecule has 0 unspecified atom stereocenters. The van der Waals surface area contributed by atoms with Gasteiger partial charge in [-0.2, -0.15) is 0 Å². The molecule has 1 aromatic carbocycles. The maximum absolute atomic E-state index is 12.0. The van der Waals surface area contributed by atoms with E-state index in [1.54, 1.807) is 0 Å². The molecule has 1 aromatic heterocycles. The van der Waals surface area contributed by atoms with E-state index in [9.17, 15) is 4.79 Å². The zero-order valence-electron chi connectivity index (χ0n) is 11.3. The summed E-state index contributed by atoms with van der Waals surface area (Å²) in [6.45, 7) is 3.74. The normalized spacial score (nSPS) is 10.6. The number of aromatic nitrogens is 1. The van der Waals surface area contributed by atoms with Crippen molar-refractivity contribution in [2.24, 2.45) is 0 Å². The van der Waals surface area contributed by atoms with Crippen LogP contribution in [0.25, 0.3) is 11.3 Å². The highest BCUT2D eigenvalue weighted by atomic mass is 16.1. The number of aromatic amines is 1. The second-order valence-electron chi connectivity index (χ2n) is 4.62. The number of rotatable bonds is 6. The quantitative estimate of drug-likeness (QED) is 0.780. The first-order chi connectivity index (χ1) is 9.31. The number of nitrogens with one attached hydrogen (secondary N) is 2. The summed E-state index contributed by atoms with van der Waals surface area (Å²) in [5, 5.41) is 3.28. The second kappa shape index (κ2) is 6.90. The topological polar surface area (TPSA) is 44.9 Å². The minimum Gasteiger partial charge on any atom is -0.322 e.